The molecule has 0 bridgehead atoms. The van der Waals surface area contributed by atoms with Crippen LogP contribution in [0.25, 0.3) is 5.70 Å². The molecule has 0 amide bonds. The van der Waals surface area contributed by atoms with Crippen LogP contribution in [0.4, 0.5) is 10.3 Å². The van der Waals surface area contributed by atoms with Crippen molar-refractivity contribution in [3.63, 3.8) is 0 Å². The fraction of sp³-hybridized carbons (Fsp3) is 0.167. The second-order valence-corrected chi connectivity index (χ2v) is 5.72. The van der Waals surface area contributed by atoms with Crippen molar-refractivity contribution in [2.45, 2.75) is 6.04 Å². The molecule has 1 aromatic heterocycles. The smallest absolute Gasteiger partial charge is 0.248 e. The van der Waals surface area contributed by atoms with Gasteiger partial charge >= 0.3 is 0 Å². The summed E-state index contributed by atoms with van der Waals surface area (Å²) in [5.74, 6) is 1.48. The Kier molecular flexibility index (Phi) is 4.00. The molecule has 0 saturated heterocycles. The van der Waals surface area contributed by atoms with Crippen LogP contribution in [0.3, 0.4) is 0 Å². The number of allylic oxidation sites excluding steroid dienone is 1. The van der Waals surface area contributed by atoms with Gasteiger partial charge in [0.2, 0.25) is 5.95 Å². The Morgan fingerprint density at radius 1 is 1.04 bits per heavy atom. The van der Waals surface area contributed by atoms with Crippen molar-refractivity contribution in [2.75, 3.05) is 19.5 Å². The van der Waals surface area contributed by atoms with E-state index < -0.39 is 0 Å². The second-order valence-electron chi connectivity index (χ2n) is 5.72. The zero-order chi connectivity index (χ0) is 18.1. The van der Waals surface area contributed by atoms with Gasteiger partial charge in [0, 0.05) is 5.70 Å². The van der Waals surface area contributed by atoms with Crippen molar-refractivity contribution in [2.24, 2.45) is 0 Å². The Morgan fingerprint density at radius 3 is 2.54 bits per heavy atom. The molecule has 1 atom stereocenters. The Labute approximate surface area is 149 Å². The van der Waals surface area contributed by atoms with E-state index >= 15 is 0 Å². The molecule has 0 radical (unpaired) electrons. The number of methoxy groups -OCH3 is 2. The summed E-state index contributed by atoms with van der Waals surface area (Å²) >= 11 is 0. The quantitative estimate of drug-likeness (QED) is 0.777. The molecular weight excluding hydrogens is 337 g/mol. The molecule has 1 N–H and O–H groups in total. The molecule has 4 rings (SSSR count). The molecule has 0 saturated carbocycles. The Morgan fingerprint density at radius 2 is 1.81 bits per heavy atom. The van der Waals surface area contributed by atoms with E-state index in [-0.39, 0.29) is 11.9 Å². The monoisotopic (exact) mass is 353 g/mol. The first-order chi connectivity index (χ1) is 12.7. The number of fused-ring (bicyclic) bond motifs is 1. The van der Waals surface area contributed by atoms with E-state index in [0.29, 0.717) is 17.4 Å². The molecular formula is C18H16FN5O2. The highest BCUT2D eigenvalue weighted by Gasteiger charge is 2.25. The van der Waals surface area contributed by atoms with Gasteiger partial charge in [-0.1, -0.05) is 11.2 Å². The van der Waals surface area contributed by atoms with E-state index in [0.717, 1.165) is 16.8 Å². The molecule has 3 aromatic rings. The molecule has 0 spiro atoms. The molecule has 1 aliphatic heterocycles. The van der Waals surface area contributed by atoms with Crippen LogP contribution in [-0.4, -0.2) is 34.4 Å². The summed E-state index contributed by atoms with van der Waals surface area (Å²) < 4.78 is 25.6. The van der Waals surface area contributed by atoms with Gasteiger partial charge in [-0.3, -0.25) is 0 Å². The number of anilines is 1. The first kappa shape index (κ1) is 16.1. The summed E-state index contributed by atoms with van der Waals surface area (Å²) in [6, 6.07) is 11.7. The topological polar surface area (TPSA) is 74.1 Å². The lowest BCUT2D eigenvalue weighted by molar-refractivity contribution is 0.354. The number of tetrazole rings is 1. The lowest BCUT2D eigenvalue weighted by atomic mass is 10.0. The van der Waals surface area contributed by atoms with Crippen LogP contribution in [-0.2, 0) is 0 Å². The number of rotatable bonds is 4. The molecule has 1 aliphatic rings. The van der Waals surface area contributed by atoms with Crippen LogP contribution < -0.4 is 14.8 Å². The summed E-state index contributed by atoms with van der Waals surface area (Å²) in [6.45, 7) is 0. The van der Waals surface area contributed by atoms with Crippen molar-refractivity contribution < 1.29 is 13.9 Å². The predicted molar refractivity (Wildman–Crippen MR) is 93.5 cm³/mol. The summed E-state index contributed by atoms with van der Waals surface area (Å²) in [5.41, 5.74) is 2.57. The van der Waals surface area contributed by atoms with Crippen LogP contribution in [0.2, 0.25) is 0 Å². The average Bonchev–Trinajstić information content (AvgIpc) is 3.16. The van der Waals surface area contributed by atoms with Crippen LogP contribution in [0, 0.1) is 5.82 Å². The first-order valence-electron chi connectivity index (χ1n) is 7.94. The minimum absolute atomic E-state index is 0.249. The van der Waals surface area contributed by atoms with E-state index in [1.165, 1.54) is 12.1 Å². The maximum absolute atomic E-state index is 13.2. The van der Waals surface area contributed by atoms with Crippen molar-refractivity contribution in [3.8, 4) is 11.5 Å². The van der Waals surface area contributed by atoms with Crippen LogP contribution in [0.5, 0.6) is 11.5 Å². The third kappa shape index (κ3) is 2.75. The van der Waals surface area contributed by atoms with Crippen molar-refractivity contribution in [1.29, 1.82) is 0 Å². The molecule has 8 heteroatoms. The average molecular weight is 353 g/mol. The summed E-state index contributed by atoms with van der Waals surface area (Å²) in [5, 5.41) is 15.0. The number of nitrogens with one attached hydrogen (secondary N) is 1. The van der Waals surface area contributed by atoms with Gasteiger partial charge in [-0.25, -0.2) is 4.39 Å². The maximum Gasteiger partial charge on any atom is 0.248 e. The maximum atomic E-state index is 13.2. The van der Waals surface area contributed by atoms with Gasteiger partial charge in [-0.2, -0.15) is 4.68 Å². The number of nitrogens with zero attached hydrogens (tertiary/aromatic N) is 4. The zero-order valence-electron chi connectivity index (χ0n) is 14.2. The largest absolute Gasteiger partial charge is 0.493 e. The number of halogens is 1. The Balaban J connectivity index is 1.80. The highest BCUT2D eigenvalue weighted by molar-refractivity contribution is 5.77. The highest BCUT2D eigenvalue weighted by atomic mass is 19.1. The van der Waals surface area contributed by atoms with E-state index in [1.54, 1.807) is 31.0 Å². The molecule has 26 heavy (non-hydrogen) atoms. The number of ether oxygens (including phenoxy) is 2. The van der Waals surface area contributed by atoms with E-state index in [4.69, 9.17) is 9.47 Å². The molecule has 2 aromatic carbocycles. The number of benzene rings is 2. The number of aromatic nitrogens is 4. The summed E-state index contributed by atoms with van der Waals surface area (Å²) in [4.78, 5) is 0. The zero-order valence-corrected chi connectivity index (χ0v) is 14.2. The normalized spacial score (nSPS) is 15.7. The number of hydrogen-bond donors (Lipinski definition) is 1. The van der Waals surface area contributed by atoms with E-state index in [2.05, 4.69) is 20.8 Å². The van der Waals surface area contributed by atoms with Crippen molar-refractivity contribution in [3.05, 3.63) is 65.5 Å². The fourth-order valence-electron chi connectivity index (χ4n) is 2.93. The van der Waals surface area contributed by atoms with Crippen LogP contribution in [0.1, 0.15) is 17.2 Å². The molecule has 7 nitrogen and oxygen atoms in total. The molecule has 0 fully saturated rings. The Bertz CT molecular complexity index is 968. The highest BCUT2D eigenvalue weighted by Crippen LogP contribution is 2.35. The minimum Gasteiger partial charge on any atom is -0.493 e. The third-order valence-electron chi connectivity index (χ3n) is 4.23. The number of hydrogen-bond acceptors (Lipinski definition) is 6. The summed E-state index contributed by atoms with van der Waals surface area (Å²) in [6.07, 6.45) is 1.98. The van der Waals surface area contributed by atoms with Gasteiger partial charge in [0.15, 0.2) is 11.5 Å². The second kappa shape index (κ2) is 6.47. The van der Waals surface area contributed by atoms with Gasteiger partial charge in [0.05, 0.1) is 14.2 Å². The SMILES string of the molecule is COc1ccc(C2C=C(c3ccc(F)cc3)Nc3nnnn32)cc1OC. The van der Waals surface area contributed by atoms with Gasteiger partial charge in [-0.05, 0) is 64.0 Å². The van der Waals surface area contributed by atoms with Crippen molar-refractivity contribution >= 4 is 11.6 Å². The molecule has 132 valence electrons. The minimum atomic E-state index is -0.286. The van der Waals surface area contributed by atoms with Crippen LogP contribution in [0.15, 0.2) is 48.5 Å². The molecule has 2 heterocycles. The van der Waals surface area contributed by atoms with E-state index in [1.807, 2.05) is 24.3 Å². The van der Waals surface area contributed by atoms with E-state index in [9.17, 15) is 4.39 Å². The third-order valence-corrected chi connectivity index (χ3v) is 4.23. The first-order valence-corrected chi connectivity index (χ1v) is 7.94. The Hall–Kier alpha value is -3.42. The van der Waals surface area contributed by atoms with Gasteiger partial charge < -0.3 is 14.8 Å². The molecule has 0 aliphatic carbocycles. The van der Waals surface area contributed by atoms with Gasteiger partial charge in [-0.15, -0.1) is 0 Å². The molecule has 1 unspecified atom stereocenters. The lowest BCUT2D eigenvalue weighted by Crippen LogP contribution is -2.20. The lowest BCUT2D eigenvalue weighted by Gasteiger charge is -2.24. The van der Waals surface area contributed by atoms with Gasteiger partial charge in [0.25, 0.3) is 0 Å². The fourth-order valence-corrected chi connectivity index (χ4v) is 2.93. The standard InChI is InChI=1S/C18H16FN5O2/c1-25-16-8-5-12(9-17(16)26-2)15-10-14(11-3-6-13(19)7-4-11)20-18-21-22-23-24(15)18/h3-10,15H,1-2H3,(H,20,21,23). The predicted octanol–water partition coefficient (Wildman–Crippen LogP) is 2.89. The van der Waals surface area contributed by atoms with Crippen molar-refractivity contribution in [1.82, 2.24) is 20.2 Å². The van der Waals surface area contributed by atoms with Gasteiger partial charge in [0.1, 0.15) is 11.9 Å². The van der Waals surface area contributed by atoms with Crippen LogP contribution >= 0.6 is 0 Å². The summed E-state index contributed by atoms with van der Waals surface area (Å²) in [7, 11) is 3.18.